The van der Waals surface area contributed by atoms with Crippen molar-refractivity contribution in [1.82, 2.24) is 10.4 Å². The molecule has 2 N–H and O–H groups in total. The van der Waals surface area contributed by atoms with Gasteiger partial charge in [0.15, 0.2) is 5.13 Å². The summed E-state index contributed by atoms with van der Waals surface area (Å²) in [5.41, 5.74) is 4.50. The van der Waals surface area contributed by atoms with Crippen LogP contribution in [0, 0.1) is 0 Å². The summed E-state index contributed by atoms with van der Waals surface area (Å²) >= 11 is 1.54. The number of thiazole rings is 1. The highest BCUT2D eigenvalue weighted by Gasteiger charge is 2.14. The molecule has 5 nitrogen and oxygen atoms in total. The van der Waals surface area contributed by atoms with Crippen molar-refractivity contribution >= 4 is 38.3 Å². The fourth-order valence-electron chi connectivity index (χ4n) is 1.92. The molecule has 22 heavy (non-hydrogen) atoms. The van der Waals surface area contributed by atoms with Gasteiger partial charge in [0.25, 0.3) is 5.91 Å². The maximum atomic E-state index is 12.0. The lowest BCUT2D eigenvalue weighted by molar-refractivity contribution is -0.121. The predicted octanol–water partition coefficient (Wildman–Crippen LogP) is 3.78. The molecule has 118 valence electrons. The van der Waals surface area contributed by atoms with E-state index in [2.05, 4.69) is 27.8 Å². The quantitative estimate of drug-likeness (QED) is 0.603. The Labute approximate surface area is 134 Å². The molecule has 1 aromatic heterocycles. The summed E-state index contributed by atoms with van der Waals surface area (Å²) in [6, 6.07) is 7.53. The Hall–Kier alpha value is -1.95. The number of benzene rings is 1. The second-order valence-corrected chi connectivity index (χ2v) is 6.31. The number of fused-ring (bicyclic) bond motifs is 1. The third-order valence-electron chi connectivity index (χ3n) is 3.28. The number of amides is 1. The molecule has 0 saturated heterocycles. The number of aromatic nitrogens is 1. The van der Waals surface area contributed by atoms with Crippen molar-refractivity contribution in [3.63, 3.8) is 0 Å². The minimum absolute atomic E-state index is 0.157. The molecule has 0 aliphatic carbocycles. The van der Waals surface area contributed by atoms with Crippen LogP contribution >= 0.6 is 11.3 Å². The topological polar surface area (TPSA) is 66.4 Å². The summed E-state index contributed by atoms with van der Waals surface area (Å²) in [5, 5.41) is 8.00. The van der Waals surface area contributed by atoms with E-state index in [-0.39, 0.29) is 11.9 Å². The van der Waals surface area contributed by atoms with Crippen LogP contribution in [0.2, 0.25) is 0 Å². The van der Waals surface area contributed by atoms with Crippen molar-refractivity contribution in [2.24, 2.45) is 5.10 Å². The smallest absolute Gasteiger partial charge is 0.262 e. The first-order valence-corrected chi connectivity index (χ1v) is 8.37. The molecule has 1 heterocycles. The van der Waals surface area contributed by atoms with Gasteiger partial charge in [-0.25, -0.2) is 10.4 Å². The molecular weight excluding hydrogens is 296 g/mol. The van der Waals surface area contributed by atoms with Gasteiger partial charge in [-0.3, -0.25) is 4.79 Å². The van der Waals surface area contributed by atoms with Gasteiger partial charge in [0.2, 0.25) is 0 Å². The minimum Gasteiger partial charge on any atom is -0.350 e. The van der Waals surface area contributed by atoms with Crippen LogP contribution in [-0.2, 0) is 4.79 Å². The molecule has 0 radical (unpaired) electrons. The van der Waals surface area contributed by atoms with E-state index in [9.17, 15) is 4.79 Å². The lowest BCUT2D eigenvalue weighted by Crippen LogP contribution is -2.35. The molecule has 0 unspecified atom stereocenters. The van der Waals surface area contributed by atoms with E-state index >= 15 is 0 Å². The molecule has 0 bridgehead atoms. The summed E-state index contributed by atoms with van der Waals surface area (Å²) in [6.45, 7) is 5.87. The van der Waals surface area contributed by atoms with Crippen LogP contribution in [0.3, 0.4) is 0 Å². The largest absolute Gasteiger partial charge is 0.350 e. The second kappa shape index (κ2) is 7.89. The molecule has 1 amide bonds. The van der Waals surface area contributed by atoms with Crippen LogP contribution in [0.5, 0.6) is 0 Å². The highest BCUT2D eigenvalue weighted by molar-refractivity contribution is 7.22. The zero-order valence-corrected chi connectivity index (χ0v) is 14.0. The van der Waals surface area contributed by atoms with Gasteiger partial charge in [-0.2, -0.15) is 5.10 Å². The van der Waals surface area contributed by atoms with E-state index in [0.29, 0.717) is 0 Å². The van der Waals surface area contributed by atoms with E-state index in [0.717, 1.165) is 40.3 Å². The predicted molar refractivity (Wildman–Crippen MR) is 93.5 cm³/mol. The Morgan fingerprint density at radius 2 is 2.18 bits per heavy atom. The summed E-state index contributed by atoms with van der Waals surface area (Å²) < 4.78 is 1.10. The maximum absolute atomic E-state index is 12.0. The summed E-state index contributed by atoms with van der Waals surface area (Å²) in [4.78, 5) is 16.5. The second-order valence-electron chi connectivity index (χ2n) is 5.28. The van der Waals surface area contributed by atoms with Crippen molar-refractivity contribution in [2.45, 2.75) is 46.1 Å². The maximum Gasteiger partial charge on any atom is 0.262 e. The van der Waals surface area contributed by atoms with Crippen LogP contribution < -0.4 is 10.7 Å². The Morgan fingerprint density at radius 1 is 1.41 bits per heavy atom. The third kappa shape index (κ3) is 4.53. The molecular formula is C16H22N4OS. The van der Waals surface area contributed by atoms with Crippen LogP contribution in [0.4, 0.5) is 5.13 Å². The van der Waals surface area contributed by atoms with Gasteiger partial charge in [-0.1, -0.05) is 36.8 Å². The minimum atomic E-state index is -0.386. The molecule has 1 aromatic carbocycles. The highest BCUT2D eigenvalue weighted by Crippen LogP contribution is 2.25. The normalized spacial score (nSPS) is 13.1. The SMILES string of the molecule is CCCC/C(C)=N\NC(=O)[C@@H](C)Nc1nc2ccccc2s1. The van der Waals surface area contributed by atoms with Crippen molar-refractivity contribution < 1.29 is 4.79 Å². The van der Waals surface area contributed by atoms with Crippen LogP contribution in [0.1, 0.15) is 40.0 Å². The number of carbonyl (C=O) groups is 1. The van der Waals surface area contributed by atoms with Crippen molar-refractivity contribution in [2.75, 3.05) is 5.32 Å². The Morgan fingerprint density at radius 3 is 2.91 bits per heavy atom. The van der Waals surface area contributed by atoms with Gasteiger partial charge < -0.3 is 5.32 Å². The average Bonchev–Trinajstić information content (AvgIpc) is 2.92. The van der Waals surface area contributed by atoms with E-state index in [1.54, 1.807) is 18.3 Å². The first kappa shape index (κ1) is 16.4. The highest BCUT2D eigenvalue weighted by atomic mass is 32.1. The molecule has 1 atom stereocenters. The van der Waals surface area contributed by atoms with Gasteiger partial charge in [-0.15, -0.1) is 0 Å². The van der Waals surface area contributed by atoms with Crippen molar-refractivity contribution in [3.8, 4) is 0 Å². The fourth-order valence-corrected chi connectivity index (χ4v) is 2.87. The van der Waals surface area contributed by atoms with Gasteiger partial charge in [-0.05, 0) is 38.8 Å². The van der Waals surface area contributed by atoms with E-state index in [1.807, 2.05) is 31.2 Å². The molecule has 0 aliphatic heterocycles. The summed E-state index contributed by atoms with van der Waals surface area (Å²) in [5.74, 6) is -0.157. The molecule has 2 rings (SSSR count). The lowest BCUT2D eigenvalue weighted by Gasteiger charge is -2.11. The standard InChI is InChI=1S/C16H22N4OS/c1-4-5-8-11(2)19-20-15(21)12(3)17-16-18-13-9-6-7-10-14(13)22-16/h6-7,9-10,12H,4-5,8H2,1-3H3,(H,17,18)(H,20,21)/b19-11-/t12-/m1/s1. The number of hydrazone groups is 1. The molecule has 0 spiro atoms. The average molecular weight is 318 g/mol. The molecule has 0 aliphatic rings. The molecule has 2 aromatic rings. The van der Waals surface area contributed by atoms with Crippen molar-refractivity contribution in [3.05, 3.63) is 24.3 Å². The first-order valence-electron chi connectivity index (χ1n) is 7.55. The number of nitrogens with one attached hydrogen (secondary N) is 2. The van der Waals surface area contributed by atoms with Crippen molar-refractivity contribution in [1.29, 1.82) is 0 Å². The number of unbranched alkanes of at least 4 members (excludes halogenated alkanes) is 1. The number of hydrogen-bond acceptors (Lipinski definition) is 5. The van der Waals surface area contributed by atoms with Crippen LogP contribution in [-0.4, -0.2) is 22.6 Å². The molecule has 0 fully saturated rings. The Balaban J connectivity index is 1.90. The number of hydrogen-bond donors (Lipinski definition) is 2. The summed E-state index contributed by atoms with van der Waals surface area (Å²) in [6.07, 6.45) is 3.12. The Kier molecular flexibility index (Phi) is 5.89. The van der Waals surface area contributed by atoms with Gasteiger partial charge in [0, 0.05) is 5.71 Å². The van der Waals surface area contributed by atoms with Gasteiger partial charge in [0.1, 0.15) is 6.04 Å². The van der Waals surface area contributed by atoms with E-state index in [1.165, 1.54) is 0 Å². The number of carbonyl (C=O) groups excluding carboxylic acids is 1. The van der Waals surface area contributed by atoms with E-state index < -0.39 is 0 Å². The third-order valence-corrected chi connectivity index (χ3v) is 4.24. The monoisotopic (exact) mass is 318 g/mol. The Bertz CT molecular complexity index is 632. The van der Waals surface area contributed by atoms with Gasteiger partial charge >= 0.3 is 0 Å². The molecule has 6 heteroatoms. The first-order chi connectivity index (χ1) is 10.6. The van der Waals surface area contributed by atoms with E-state index in [4.69, 9.17) is 0 Å². The number of para-hydroxylation sites is 1. The zero-order valence-electron chi connectivity index (χ0n) is 13.2. The fraction of sp³-hybridized carbons (Fsp3) is 0.438. The number of rotatable bonds is 7. The zero-order chi connectivity index (χ0) is 15.9. The van der Waals surface area contributed by atoms with Crippen LogP contribution in [0.25, 0.3) is 10.2 Å². The number of anilines is 1. The summed E-state index contributed by atoms with van der Waals surface area (Å²) in [7, 11) is 0. The number of nitrogens with zero attached hydrogens (tertiary/aromatic N) is 2. The van der Waals surface area contributed by atoms with Gasteiger partial charge in [0.05, 0.1) is 10.2 Å². The lowest BCUT2D eigenvalue weighted by atomic mass is 10.2. The van der Waals surface area contributed by atoms with Crippen LogP contribution in [0.15, 0.2) is 29.4 Å². The molecule has 0 saturated carbocycles.